The zero-order chi connectivity index (χ0) is 22.4. The Morgan fingerprint density at radius 3 is 2.62 bits per heavy atom. The Balaban J connectivity index is 1.48. The number of likely N-dealkylation sites (N-methyl/N-ethyl adjacent to an activating group) is 1. The monoisotopic (exact) mass is 473 g/mol. The molecule has 32 heavy (non-hydrogen) atoms. The van der Waals surface area contributed by atoms with Gasteiger partial charge in [-0.15, -0.1) is 11.8 Å². The maximum absolute atomic E-state index is 13.4. The molecule has 3 atom stereocenters. The molecule has 3 saturated heterocycles. The fraction of sp³-hybridized carbons (Fsp3) is 0.545. The number of hydrogen-bond donors (Lipinski definition) is 0. The number of pyridine rings is 2. The van der Waals surface area contributed by atoms with E-state index >= 15 is 0 Å². The first-order chi connectivity index (χ1) is 15.4. The summed E-state index contributed by atoms with van der Waals surface area (Å²) < 4.78 is 6.03. The molecule has 0 saturated carbocycles. The van der Waals surface area contributed by atoms with Gasteiger partial charge < -0.3 is 14.5 Å². The first-order valence-corrected chi connectivity index (χ1v) is 13.0. The summed E-state index contributed by atoms with van der Waals surface area (Å²) >= 11 is 3.36. The minimum absolute atomic E-state index is 0.0420. The molecule has 3 aliphatic rings. The smallest absolute Gasteiger partial charge is 0.411 e. The van der Waals surface area contributed by atoms with E-state index in [2.05, 4.69) is 9.88 Å². The number of anilines is 1. The molecule has 3 aliphatic heterocycles. The third-order valence-electron chi connectivity index (χ3n) is 6.23. The second kappa shape index (κ2) is 8.72. The fourth-order valence-corrected chi connectivity index (χ4v) is 7.46. The van der Waals surface area contributed by atoms with Crippen molar-refractivity contribution in [2.45, 2.75) is 30.6 Å². The topological polar surface area (TPSA) is 78.9 Å². The van der Waals surface area contributed by atoms with Gasteiger partial charge in [0.15, 0.2) is 11.9 Å². The molecule has 0 aromatic carbocycles. The molecule has 0 bridgehead atoms. The van der Waals surface area contributed by atoms with Crippen LogP contribution in [0.2, 0.25) is 0 Å². The van der Waals surface area contributed by atoms with E-state index in [1.54, 1.807) is 33.3 Å². The number of carbonyl (C=O) groups excluding carboxylic acids is 2. The van der Waals surface area contributed by atoms with Crippen molar-refractivity contribution in [2.24, 2.45) is 0 Å². The van der Waals surface area contributed by atoms with Crippen LogP contribution in [0.4, 0.5) is 10.6 Å². The number of piperazine rings is 1. The molecule has 2 aromatic heterocycles. The van der Waals surface area contributed by atoms with Gasteiger partial charge >= 0.3 is 6.09 Å². The molecule has 3 unspecified atom stereocenters. The molecule has 10 heteroatoms. The average Bonchev–Trinajstić information content (AvgIpc) is 3.05. The van der Waals surface area contributed by atoms with E-state index in [1.807, 2.05) is 39.1 Å². The van der Waals surface area contributed by atoms with E-state index in [0.717, 1.165) is 41.2 Å². The van der Waals surface area contributed by atoms with E-state index in [0.29, 0.717) is 24.6 Å². The highest BCUT2D eigenvalue weighted by Gasteiger charge is 2.53. The molecule has 170 valence electrons. The number of carbonyl (C=O) groups is 2. The summed E-state index contributed by atoms with van der Waals surface area (Å²) in [5, 5.41) is 0.615. The van der Waals surface area contributed by atoms with Gasteiger partial charge in [-0.25, -0.2) is 14.8 Å². The number of aromatic nitrogens is 2. The predicted molar refractivity (Wildman–Crippen MR) is 128 cm³/mol. The van der Waals surface area contributed by atoms with E-state index in [9.17, 15) is 9.59 Å². The molecule has 0 radical (unpaired) electrons. The van der Waals surface area contributed by atoms with E-state index in [-0.39, 0.29) is 22.5 Å². The zero-order valence-electron chi connectivity index (χ0n) is 18.5. The number of ether oxygens (including phenoxy) is 1. The Bertz CT molecular complexity index is 1060. The Hall–Kier alpha value is -2.04. The summed E-state index contributed by atoms with van der Waals surface area (Å²) in [4.78, 5) is 41.3. The SMILES string of the molecule is Cc1cc(C)c2ccc(N3C(=O)C4SCCSC4C3OC(=O)N3CCN(C)CC3)nc2n1. The van der Waals surface area contributed by atoms with E-state index in [1.165, 1.54) is 0 Å². The summed E-state index contributed by atoms with van der Waals surface area (Å²) in [6.45, 7) is 6.85. The van der Waals surface area contributed by atoms with Gasteiger partial charge in [-0.1, -0.05) is 0 Å². The van der Waals surface area contributed by atoms with Crippen molar-refractivity contribution in [3.63, 3.8) is 0 Å². The van der Waals surface area contributed by atoms with Gasteiger partial charge in [-0.3, -0.25) is 9.69 Å². The molecule has 2 aromatic rings. The number of amides is 2. The molecule has 8 nitrogen and oxygen atoms in total. The molecule has 0 aliphatic carbocycles. The van der Waals surface area contributed by atoms with Crippen LogP contribution < -0.4 is 4.90 Å². The van der Waals surface area contributed by atoms with Crippen LogP contribution >= 0.6 is 23.5 Å². The lowest BCUT2D eigenvalue weighted by molar-refractivity contribution is -0.117. The van der Waals surface area contributed by atoms with Gasteiger partial charge in [0, 0.05) is 48.8 Å². The minimum atomic E-state index is -0.673. The van der Waals surface area contributed by atoms with Crippen LogP contribution in [-0.2, 0) is 9.53 Å². The molecule has 2 amide bonds. The molecule has 3 fully saturated rings. The van der Waals surface area contributed by atoms with Gasteiger partial charge in [0.1, 0.15) is 11.1 Å². The maximum Gasteiger partial charge on any atom is 0.411 e. The van der Waals surface area contributed by atoms with Crippen LogP contribution in [0.5, 0.6) is 0 Å². The molecular weight excluding hydrogens is 446 g/mol. The summed E-state index contributed by atoms with van der Waals surface area (Å²) in [5.74, 6) is 2.29. The number of nitrogens with zero attached hydrogens (tertiary/aromatic N) is 5. The van der Waals surface area contributed by atoms with Gasteiger partial charge in [0.05, 0.1) is 5.25 Å². The van der Waals surface area contributed by atoms with Gasteiger partial charge in [0.25, 0.3) is 0 Å². The lowest BCUT2D eigenvalue weighted by Gasteiger charge is -2.34. The summed E-state index contributed by atoms with van der Waals surface area (Å²) in [6.07, 6.45) is -1.03. The van der Waals surface area contributed by atoms with Crippen LogP contribution in [-0.4, -0.2) is 93.2 Å². The standard InChI is InChI=1S/C22H27N5O3S2/c1-13-12-14(2)23-19-15(13)4-5-16(24-19)27-20(28)17-18(32-11-10-31-17)21(27)30-22(29)26-8-6-25(3)7-9-26/h4-5,12,17-18,21H,6-11H2,1-3H3. The van der Waals surface area contributed by atoms with Gasteiger partial charge in [0.2, 0.25) is 5.91 Å². The number of rotatable bonds is 2. The van der Waals surface area contributed by atoms with Crippen LogP contribution in [0.3, 0.4) is 0 Å². The predicted octanol–water partition coefficient (Wildman–Crippen LogP) is 2.52. The summed E-state index contributed by atoms with van der Waals surface area (Å²) in [5.41, 5.74) is 2.58. The first-order valence-electron chi connectivity index (χ1n) is 10.9. The normalized spacial score (nSPS) is 26.5. The first kappa shape index (κ1) is 21.8. The average molecular weight is 474 g/mol. The molecule has 5 heterocycles. The zero-order valence-corrected chi connectivity index (χ0v) is 20.1. The van der Waals surface area contributed by atoms with Crippen molar-refractivity contribution in [1.29, 1.82) is 0 Å². The Morgan fingerprint density at radius 2 is 1.84 bits per heavy atom. The highest BCUT2D eigenvalue weighted by molar-refractivity contribution is 8.07. The Labute approximate surface area is 196 Å². The van der Waals surface area contributed by atoms with E-state index in [4.69, 9.17) is 9.72 Å². The van der Waals surface area contributed by atoms with Crippen LogP contribution in [0.25, 0.3) is 11.0 Å². The van der Waals surface area contributed by atoms with Crippen molar-refractivity contribution >= 4 is 52.4 Å². The van der Waals surface area contributed by atoms with Crippen LogP contribution in [0.1, 0.15) is 11.3 Å². The Kier molecular flexibility index (Phi) is 5.94. The van der Waals surface area contributed by atoms with Crippen molar-refractivity contribution < 1.29 is 14.3 Å². The van der Waals surface area contributed by atoms with Crippen LogP contribution in [0.15, 0.2) is 18.2 Å². The maximum atomic E-state index is 13.4. The minimum Gasteiger partial charge on any atom is -0.423 e. The van der Waals surface area contributed by atoms with Gasteiger partial charge in [-0.2, -0.15) is 11.8 Å². The Morgan fingerprint density at radius 1 is 1.09 bits per heavy atom. The molecule has 5 rings (SSSR count). The number of hydrogen-bond acceptors (Lipinski definition) is 8. The second-order valence-corrected chi connectivity index (χ2v) is 11.1. The fourth-order valence-electron chi connectivity index (χ4n) is 4.48. The molecule has 0 spiro atoms. The third kappa shape index (κ3) is 3.92. The molecular formula is C22H27N5O3S2. The number of thioether (sulfide) groups is 2. The number of fused-ring (bicyclic) bond motifs is 2. The van der Waals surface area contributed by atoms with Crippen molar-refractivity contribution in [3.05, 3.63) is 29.5 Å². The highest BCUT2D eigenvalue weighted by Crippen LogP contribution is 2.43. The molecule has 0 N–H and O–H groups in total. The third-order valence-corrected chi connectivity index (χ3v) is 9.28. The lowest BCUT2D eigenvalue weighted by atomic mass is 10.1. The highest BCUT2D eigenvalue weighted by atomic mass is 32.2. The van der Waals surface area contributed by atoms with Crippen molar-refractivity contribution in [1.82, 2.24) is 19.8 Å². The summed E-state index contributed by atoms with van der Waals surface area (Å²) in [7, 11) is 2.05. The van der Waals surface area contributed by atoms with Crippen LogP contribution in [0, 0.1) is 13.8 Å². The van der Waals surface area contributed by atoms with E-state index < -0.39 is 6.23 Å². The lowest BCUT2D eigenvalue weighted by Crippen LogP contribution is -2.50. The second-order valence-electron chi connectivity index (χ2n) is 8.52. The number of aryl methyl sites for hydroxylation is 2. The van der Waals surface area contributed by atoms with Gasteiger partial charge in [-0.05, 0) is 44.7 Å². The summed E-state index contributed by atoms with van der Waals surface area (Å²) in [6, 6.07) is 5.81. The largest absolute Gasteiger partial charge is 0.423 e. The van der Waals surface area contributed by atoms with Crippen molar-refractivity contribution in [2.75, 3.05) is 49.6 Å². The van der Waals surface area contributed by atoms with Crippen molar-refractivity contribution in [3.8, 4) is 0 Å². The quantitative estimate of drug-likeness (QED) is 0.659.